The summed E-state index contributed by atoms with van der Waals surface area (Å²) in [5.41, 5.74) is 2.73. The molecule has 0 spiro atoms. The molecule has 1 aliphatic heterocycles. The molecule has 4 nitrogen and oxygen atoms in total. The first kappa shape index (κ1) is 10.5. The van der Waals surface area contributed by atoms with Crippen molar-refractivity contribution in [3.8, 4) is 5.63 Å². The average molecular weight is 201 g/mol. The maximum absolute atomic E-state index is 10.6. The Labute approximate surface area is 77.8 Å². The molecular formula is C8H12NO3P. The van der Waals surface area contributed by atoms with Gasteiger partial charge < -0.3 is 0 Å². The average Bonchev–Trinajstić information content (AvgIpc) is 2.08. The van der Waals surface area contributed by atoms with E-state index in [2.05, 4.69) is 10.9 Å². The van der Waals surface area contributed by atoms with Crippen molar-refractivity contribution in [2.75, 3.05) is 6.54 Å². The molecule has 0 aromatic heterocycles. The van der Waals surface area contributed by atoms with Crippen LogP contribution in [0, 0.1) is 17.5 Å². The molecular weight excluding hydrogens is 189 g/mol. The van der Waals surface area contributed by atoms with Crippen LogP contribution >= 0.6 is 7.92 Å². The molecule has 1 fully saturated rings. The topological polar surface area (TPSA) is 66.4 Å². The summed E-state index contributed by atoms with van der Waals surface area (Å²) in [6.45, 7) is 2.64. The second-order valence-corrected chi connectivity index (χ2v) is 3.78. The van der Waals surface area contributed by atoms with Gasteiger partial charge in [0.2, 0.25) is 0 Å². The van der Waals surface area contributed by atoms with Gasteiger partial charge in [-0.25, -0.2) is 0 Å². The van der Waals surface area contributed by atoms with E-state index in [1.807, 2.05) is 6.92 Å². The molecule has 0 saturated carbocycles. The molecule has 5 heteroatoms. The van der Waals surface area contributed by atoms with Crippen LogP contribution in [0.15, 0.2) is 0 Å². The molecule has 3 atom stereocenters. The third kappa shape index (κ3) is 2.70. The third-order valence-corrected chi connectivity index (χ3v) is 2.82. The molecule has 0 radical (unpaired) electrons. The zero-order valence-electron chi connectivity index (χ0n) is 7.36. The van der Waals surface area contributed by atoms with E-state index in [0.717, 1.165) is 0 Å². The van der Waals surface area contributed by atoms with E-state index in [-0.39, 0.29) is 13.8 Å². The van der Waals surface area contributed by atoms with Crippen molar-refractivity contribution in [2.24, 2.45) is 11.8 Å². The maximum atomic E-state index is 10.6. The zero-order chi connectivity index (χ0) is 9.84. The van der Waals surface area contributed by atoms with Gasteiger partial charge in [-0.3, -0.25) is 0 Å². The number of carboxylic acid groups (broad SMARTS) is 1. The summed E-state index contributed by atoms with van der Waals surface area (Å²) >= 11 is 0. The molecule has 13 heavy (non-hydrogen) atoms. The molecule has 0 aliphatic carbocycles. The van der Waals surface area contributed by atoms with Gasteiger partial charge in [0, 0.05) is 0 Å². The fraction of sp³-hybridized carbons (Fsp3) is 0.750. The number of carbonyl (C=O) groups is 1. The predicted molar refractivity (Wildman–Crippen MR) is 48.2 cm³/mol. The van der Waals surface area contributed by atoms with Gasteiger partial charge >= 0.3 is 77.1 Å². The monoisotopic (exact) mass is 201 g/mol. The summed E-state index contributed by atoms with van der Waals surface area (Å²) in [5.74, 6) is -0.528. The standard InChI is InChI=1S/C8H12NO3P/c1-5-3-9-7(8(10)11)2-6(5)4-13-12/h5-7,9H,2-3H2,1H3,(H,10,11). The van der Waals surface area contributed by atoms with E-state index in [9.17, 15) is 9.36 Å². The predicted octanol–water partition coefficient (Wildman–Crippen LogP) is 0.936. The van der Waals surface area contributed by atoms with Crippen LogP contribution in [0.2, 0.25) is 0 Å². The molecule has 1 saturated heterocycles. The zero-order valence-corrected chi connectivity index (χ0v) is 8.25. The molecule has 2 N–H and O–H groups in total. The molecule has 3 unspecified atom stereocenters. The number of hydrogen-bond donors (Lipinski definition) is 2. The summed E-state index contributed by atoms with van der Waals surface area (Å²) in [4.78, 5) is 10.6. The Bertz CT molecular complexity index is 297. The van der Waals surface area contributed by atoms with Crippen LogP contribution in [0.1, 0.15) is 13.3 Å². The second-order valence-electron chi connectivity index (χ2n) is 3.34. The van der Waals surface area contributed by atoms with E-state index in [0.29, 0.717) is 18.9 Å². The first-order chi connectivity index (χ1) is 6.15. The van der Waals surface area contributed by atoms with Crippen LogP contribution in [-0.2, 0) is 9.36 Å². The van der Waals surface area contributed by atoms with Crippen LogP contribution < -0.4 is 5.32 Å². The van der Waals surface area contributed by atoms with Crippen molar-refractivity contribution >= 4 is 13.9 Å². The number of nitrogens with one attached hydrogen (secondary N) is 1. The number of rotatable bonds is 1. The fourth-order valence-corrected chi connectivity index (χ4v) is 1.97. The first-order valence-electron chi connectivity index (χ1n) is 4.19. The Hall–Kier alpha value is -0.560. The van der Waals surface area contributed by atoms with E-state index < -0.39 is 12.0 Å². The van der Waals surface area contributed by atoms with Gasteiger partial charge in [-0.15, -0.1) is 0 Å². The molecule has 1 rings (SSSR count). The van der Waals surface area contributed by atoms with Crippen molar-refractivity contribution in [3.05, 3.63) is 0 Å². The van der Waals surface area contributed by atoms with Gasteiger partial charge in [-0.05, 0) is 0 Å². The Morgan fingerprint density at radius 2 is 2.38 bits per heavy atom. The number of aliphatic carboxylic acids is 1. The summed E-state index contributed by atoms with van der Waals surface area (Å²) in [6, 6.07) is -0.518. The van der Waals surface area contributed by atoms with Crippen LogP contribution in [-0.4, -0.2) is 23.7 Å². The Morgan fingerprint density at radius 3 is 2.92 bits per heavy atom. The van der Waals surface area contributed by atoms with Gasteiger partial charge in [-0.1, -0.05) is 0 Å². The molecule has 1 aliphatic rings. The Morgan fingerprint density at radius 1 is 1.69 bits per heavy atom. The number of carboxylic acids is 1. The molecule has 0 aromatic carbocycles. The van der Waals surface area contributed by atoms with E-state index in [1.54, 1.807) is 0 Å². The summed E-state index contributed by atoms with van der Waals surface area (Å²) in [6.07, 6.45) is 0.478. The van der Waals surface area contributed by atoms with Crippen molar-refractivity contribution in [3.63, 3.8) is 0 Å². The van der Waals surface area contributed by atoms with Crippen LogP contribution in [0.25, 0.3) is 0 Å². The van der Waals surface area contributed by atoms with E-state index in [1.165, 1.54) is 0 Å². The minimum atomic E-state index is -0.846. The Kier molecular flexibility index (Phi) is 3.73. The second kappa shape index (κ2) is 4.61. The quantitative estimate of drug-likeness (QED) is 0.619. The van der Waals surface area contributed by atoms with Crippen molar-refractivity contribution in [1.29, 1.82) is 0 Å². The van der Waals surface area contributed by atoms with E-state index >= 15 is 0 Å². The molecule has 0 amide bonds. The van der Waals surface area contributed by atoms with Gasteiger partial charge in [0.05, 0.1) is 0 Å². The van der Waals surface area contributed by atoms with Gasteiger partial charge in [0.1, 0.15) is 0 Å². The third-order valence-electron chi connectivity index (χ3n) is 2.38. The van der Waals surface area contributed by atoms with Crippen LogP contribution in [0.3, 0.4) is 0 Å². The van der Waals surface area contributed by atoms with E-state index in [4.69, 9.17) is 5.11 Å². The summed E-state index contributed by atoms with van der Waals surface area (Å²) in [7, 11) is -0.129. The van der Waals surface area contributed by atoms with Crippen molar-refractivity contribution in [2.45, 2.75) is 19.4 Å². The summed E-state index contributed by atoms with van der Waals surface area (Å²) in [5, 5.41) is 11.7. The van der Waals surface area contributed by atoms with Gasteiger partial charge in [-0.2, -0.15) is 0 Å². The summed E-state index contributed by atoms with van der Waals surface area (Å²) < 4.78 is 10.3. The van der Waals surface area contributed by atoms with Crippen molar-refractivity contribution in [1.82, 2.24) is 5.32 Å². The molecule has 0 bridgehead atoms. The normalized spacial score (nSPS) is 33.5. The number of piperidine rings is 1. The van der Waals surface area contributed by atoms with Crippen LogP contribution in [0.5, 0.6) is 0 Å². The van der Waals surface area contributed by atoms with Gasteiger partial charge in [0.15, 0.2) is 0 Å². The number of hydrogen-bond acceptors (Lipinski definition) is 3. The molecule has 0 aromatic rings. The van der Waals surface area contributed by atoms with Crippen LogP contribution in [0.4, 0.5) is 0 Å². The Balaban J connectivity index is 2.66. The minimum absolute atomic E-state index is 0.0153. The fourth-order valence-electron chi connectivity index (χ4n) is 1.48. The first-order valence-corrected chi connectivity index (χ1v) is 5.00. The molecule has 1 heterocycles. The van der Waals surface area contributed by atoms with Crippen molar-refractivity contribution < 1.29 is 14.5 Å². The molecule has 72 valence electrons. The van der Waals surface area contributed by atoms with Gasteiger partial charge in [0.25, 0.3) is 0 Å². The SMILES string of the molecule is CC1CNC(C(=O)O)CC1C#P=O.